The summed E-state index contributed by atoms with van der Waals surface area (Å²) in [7, 11) is 0. The van der Waals surface area contributed by atoms with Gasteiger partial charge in [-0.05, 0) is 32.9 Å². The number of hydrogen-bond donors (Lipinski definition) is 3. The van der Waals surface area contributed by atoms with Gasteiger partial charge in [-0.3, -0.25) is 10.1 Å². The second-order valence-corrected chi connectivity index (χ2v) is 6.24. The van der Waals surface area contributed by atoms with Crippen molar-refractivity contribution in [1.29, 1.82) is 0 Å². The number of nitrogens with one attached hydrogen (secondary N) is 3. The highest BCUT2D eigenvalue weighted by Gasteiger charge is 2.26. The van der Waals surface area contributed by atoms with E-state index in [1.165, 1.54) is 32.4 Å². The summed E-state index contributed by atoms with van der Waals surface area (Å²) < 4.78 is 0. The highest BCUT2D eigenvalue weighted by Crippen LogP contribution is 2.13. The third kappa shape index (κ3) is 3.63. The molecule has 0 radical (unpaired) electrons. The molecule has 6 heteroatoms. The van der Waals surface area contributed by atoms with E-state index in [0.717, 1.165) is 17.9 Å². The molecule has 0 spiro atoms. The SMILES string of the molecule is CC(CN1CCCCC1)NC(=O)C1Cc2nc[nH]c2CN1. The fourth-order valence-corrected chi connectivity index (χ4v) is 3.27. The Morgan fingerprint density at radius 3 is 3.10 bits per heavy atom. The van der Waals surface area contributed by atoms with E-state index in [1.54, 1.807) is 6.33 Å². The number of aromatic nitrogens is 2. The highest BCUT2D eigenvalue weighted by atomic mass is 16.2. The quantitative estimate of drug-likeness (QED) is 0.751. The number of hydrogen-bond acceptors (Lipinski definition) is 4. The van der Waals surface area contributed by atoms with Gasteiger partial charge in [-0.1, -0.05) is 6.42 Å². The first kappa shape index (κ1) is 14.5. The Hall–Kier alpha value is -1.40. The van der Waals surface area contributed by atoms with Crippen molar-refractivity contribution < 1.29 is 4.79 Å². The van der Waals surface area contributed by atoms with E-state index < -0.39 is 0 Å². The van der Waals surface area contributed by atoms with Crippen LogP contribution in [0.4, 0.5) is 0 Å². The molecule has 0 bridgehead atoms. The Bertz CT molecular complexity index is 480. The van der Waals surface area contributed by atoms with Crippen LogP contribution in [0.25, 0.3) is 0 Å². The molecule has 0 saturated carbocycles. The summed E-state index contributed by atoms with van der Waals surface area (Å²) in [5, 5.41) is 6.41. The van der Waals surface area contributed by atoms with Gasteiger partial charge in [-0.25, -0.2) is 4.98 Å². The maximum Gasteiger partial charge on any atom is 0.237 e. The number of amides is 1. The van der Waals surface area contributed by atoms with Crippen LogP contribution in [0, 0.1) is 0 Å². The third-order valence-corrected chi connectivity index (χ3v) is 4.42. The number of carbonyl (C=O) groups excluding carboxylic acids is 1. The number of aromatic amines is 1. The Balaban J connectivity index is 1.47. The molecule has 0 aromatic carbocycles. The number of fused-ring (bicyclic) bond motifs is 1. The molecule has 6 nitrogen and oxygen atoms in total. The first-order chi connectivity index (χ1) is 10.2. The van der Waals surface area contributed by atoms with Crippen molar-refractivity contribution in [3.63, 3.8) is 0 Å². The number of nitrogens with zero attached hydrogens (tertiary/aromatic N) is 2. The van der Waals surface area contributed by atoms with Gasteiger partial charge in [0, 0.05) is 25.6 Å². The summed E-state index contributed by atoms with van der Waals surface area (Å²) >= 11 is 0. The molecule has 21 heavy (non-hydrogen) atoms. The van der Waals surface area contributed by atoms with Crippen molar-refractivity contribution in [2.24, 2.45) is 0 Å². The molecule has 2 aliphatic rings. The van der Waals surface area contributed by atoms with Gasteiger partial charge in [0.15, 0.2) is 0 Å². The van der Waals surface area contributed by atoms with Gasteiger partial charge in [0.05, 0.1) is 23.8 Å². The molecule has 3 N–H and O–H groups in total. The fraction of sp³-hybridized carbons (Fsp3) is 0.733. The lowest BCUT2D eigenvalue weighted by atomic mass is 10.0. The number of rotatable bonds is 4. The monoisotopic (exact) mass is 291 g/mol. The summed E-state index contributed by atoms with van der Waals surface area (Å²) in [5.74, 6) is 0.0909. The predicted molar refractivity (Wildman–Crippen MR) is 80.8 cm³/mol. The number of carbonyl (C=O) groups is 1. The molecule has 116 valence electrons. The van der Waals surface area contributed by atoms with Gasteiger partial charge in [-0.2, -0.15) is 0 Å². The van der Waals surface area contributed by atoms with Gasteiger partial charge in [-0.15, -0.1) is 0 Å². The van der Waals surface area contributed by atoms with Gasteiger partial charge < -0.3 is 15.2 Å². The topological polar surface area (TPSA) is 73.0 Å². The van der Waals surface area contributed by atoms with Crippen molar-refractivity contribution in [2.75, 3.05) is 19.6 Å². The minimum atomic E-state index is -0.162. The number of piperidine rings is 1. The van der Waals surface area contributed by atoms with Crippen LogP contribution in [0.2, 0.25) is 0 Å². The van der Waals surface area contributed by atoms with Crippen molar-refractivity contribution in [3.8, 4) is 0 Å². The normalized spacial score (nSPS) is 24.3. The van der Waals surface area contributed by atoms with Crippen molar-refractivity contribution >= 4 is 5.91 Å². The summed E-state index contributed by atoms with van der Waals surface area (Å²) in [6.07, 6.45) is 6.28. The molecule has 1 saturated heterocycles. The Morgan fingerprint density at radius 2 is 2.29 bits per heavy atom. The zero-order valence-corrected chi connectivity index (χ0v) is 12.7. The Morgan fingerprint density at radius 1 is 1.48 bits per heavy atom. The molecule has 1 aromatic rings. The number of likely N-dealkylation sites (tertiary alicyclic amines) is 1. The summed E-state index contributed by atoms with van der Waals surface area (Å²) in [5.41, 5.74) is 2.11. The fourth-order valence-electron chi connectivity index (χ4n) is 3.27. The molecular formula is C15H25N5O. The van der Waals surface area contributed by atoms with E-state index in [-0.39, 0.29) is 18.0 Å². The zero-order valence-electron chi connectivity index (χ0n) is 12.7. The van der Waals surface area contributed by atoms with Gasteiger partial charge >= 0.3 is 0 Å². The maximum atomic E-state index is 12.4. The van der Waals surface area contributed by atoms with E-state index in [1.807, 2.05) is 0 Å². The molecule has 1 aromatic heterocycles. The summed E-state index contributed by atoms with van der Waals surface area (Å²) in [4.78, 5) is 22.2. The van der Waals surface area contributed by atoms with Crippen LogP contribution in [0.1, 0.15) is 37.6 Å². The first-order valence-electron chi connectivity index (χ1n) is 7.99. The van der Waals surface area contributed by atoms with E-state index in [9.17, 15) is 4.79 Å². The second-order valence-electron chi connectivity index (χ2n) is 6.24. The first-order valence-corrected chi connectivity index (χ1v) is 7.99. The van der Waals surface area contributed by atoms with Crippen LogP contribution in [0.3, 0.4) is 0 Å². The second kappa shape index (κ2) is 6.58. The van der Waals surface area contributed by atoms with Crippen LogP contribution in [-0.2, 0) is 17.8 Å². The lowest BCUT2D eigenvalue weighted by molar-refractivity contribution is -0.124. The summed E-state index contributed by atoms with van der Waals surface area (Å²) in [6.45, 7) is 6.06. The largest absolute Gasteiger partial charge is 0.351 e. The Labute approximate surface area is 125 Å². The molecule has 0 aliphatic carbocycles. The van der Waals surface area contributed by atoms with Crippen molar-refractivity contribution in [2.45, 2.75) is 51.2 Å². The lowest BCUT2D eigenvalue weighted by Gasteiger charge is -2.30. The standard InChI is InChI=1S/C15H25N5O/c1-11(9-20-5-3-2-4-6-20)19-15(21)13-7-12-14(8-16-13)18-10-17-12/h10-11,13,16H,2-9H2,1H3,(H,17,18)(H,19,21). The van der Waals surface area contributed by atoms with E-state index in [4.69, 9.17) is 0 Å². The van der Waals surface area contributed by atoms with Crippen LogP contribution in [0.15, 0.2) is 6.33 Å². The number of H-pyrrole nitrogens is 1. The van der Waals surface area contributed by atoms with Gasteiger partial charge in [0.2, 0.25) is 5.91 Å². The zero-order chi connectivity index (χ0) is 14.7. The van der Waals surface area contributed by atoms with E-state index in [2.05, 4.69) is 32.4 Å². The molecule has 3 heterocycles. The van der Waals surface area contributed by atoms with Crippen LogP contribution < -0.4 is 10.6 Å². The molecule has 2 unspecified atom stereocenters. The van der Waals surface area contributed by atoms with Gasteiger partial charge in [0.25, 0.3) is 0 Å². The van der Waals surface area contributed by atoms with Crippen molar-refractivity contribution in [1.82, 2.24) is 25.5 Å². The molecule has 2 atom stereocenters. The molecule has 1 fully saturated rings. The van der Waals surface area contributed by atoms with Gasteiger partial charge in [0.1, 0.15) is 0 Å². The predicted octanol–water partition coefficient (Wildman–Crippen LogP) is 0.415. The minimum Gasteiger partial charge on any atom is -0.351 e. The average Bonchev–Trinajstić information content (AvgIpc) is 2.95. The van der Waals surface area contributed by atoms with Crippen LogP contribution in [0.5, 0.6) is 0 Å². The maximum absolute atomic E-state index is 12.4. The average molecular weight is 291 g/mol. The molecule has 1 amide bonds. The minimum absolute atomic E-state index is 0.0909. The highest BCUT2D eigenvalue weighted by molar-refractivity contribution is 5.82. The number of imidazole rings is 1. The van der Waals surface area contributed by atoms with E-state index in [0.29, 0.717) is 13.0 Å². The van der Waals surface area contributed by atoms with Crippen LogP contribution in [-0.4, -0.2) is 52.5 Å². The lowest BCUT2D eigenvalue weighted by Crippen LogP contribution is -2.52. The molecule has 3 rings (SSSR count). The Kier molecular flexibility index (Phi) is 4.55. The molecular weight excluding hydrogens is 266 g/mol. The van der Waals surface area contributed by atoms with Crippen molar-refractivity contribution in [3.05, 3.63) is 17.7 Å². The summed E-state index contributed by atoms with van der Waals surface area (Å²) in [6, 6.07) is 0.0302. The van der Waals surface area contributed by atoms with E-state index >= 15 is 0 Å². The smallest absolute Gasteiger partial charge is 0.237 e. The third-order valence-electron chi connectivity index (χ3n) is 4.42. The van der Waals surface area contributed by atoms with Crippen LogP contribution >= 0.6 is 0 Å². The molecule has 2 aliphatic heterocycles.